The number of rotatable bonds is 7. The van der Waals surface area contributed by atoms with E-state index in [1.165, 1.54) is 41.3 Å². The lowest BCUT2D eigenvalue weighted by Crippen LogP contribution is -2.37. The number of aromatic nitrogens is 2. The summed E-state index contributed by atoms with van der Waals surface area (Å²) in [7, 11) is 1.35. The third kappa shape index (κ3) is 6.02. The molecule has 1 aliphatic heterocycles. The number of esters is 1. The minimum absolute atomic E-state index is 0.00382. The molecule has 3 rings (SSSR count). The van der Waals surface area contributed by atoms with E-state index in [0.29, 0.717) is 9.47 Å². The average molecular weight is 421 g/mol. The Labute approximate surface area is 172 Å². The summed E-state index contributed by atoms with van der Waals surface area (Å²) in [6.45, 7) is 4.84. The van der Waals surface area contributed by atoms with Crippen molar-refractivity contribution in [3.63, 3.8) is 0 Å². The summed E-state index contributed by atoms with van der Waals surface area (Å²) in [5, 5.41) is 11.3. The maximum absolute atomic E-state index is 12.5. The first-order valence-electron chi connectivity index (χ1n) is 9.15. The van der Waals surface area contributed by atoms with Crippen molar-refractivity contribution in [2.75, 3.05) is 31.3 Å². The van der Waals surface area contributed by atoms with Crippen LogP contribution < -0.4 is 5.32 Å². The van der Waals surface area contributed by atoms with Crippen LogP contribution in [-0.2, 0) is 20.9 Å². The summed E-state index contributed by atoms with van der Waals surface area (Å²) in [6, 6.07) is 8.55. The van der Waals surface area contributed by atoms with Crippen molar-refractivity contribution in [1.29, 1.82) is 0 Å². The smallest absolute Gasteiger partial charge is 0.316 e. The lowest BCUT2D eigenvalue weighted by atomic mass is 9.95. The van der Waals surface area contributed by atoms with Gasteiger partial charge in [-0.25, -0.2) is 0 Å². The number of nitrogens with zero attached hydrogens (tertiary/aromatic N) is 3. The summed E-state index contributed by atoms with van der Waals surface area (Å²) in [5.41, 5.74) is 2.58. The number of hydrogen-bond acceptors (Lipinski definition) is 8. The molecule has 0 aliphatic carbocycles. The minimum Gasteiger partial charge on any atom is -0.468 e. The molecule has 1 aliphatic rings. The average Bonchev–Trinajstić information content (AvgIpc) is 3.14. The largest absolute Gasteiger partial charge is 0.468 e. The Morgan fingerprint density at radius 1 is 1.32 bits per heavy atom. The molecule has 0 saturated carbocycles. The van der Waals surface area contributed by atoms with E-state index in [0.717, 1.165) is 32.5 Å². The molecule has 0 spiro atoms. The van der Waals surface area contributed by atoms with Crippen molar-refractivity contribution in [3.05, 3.63) is 35.4 Å². The van der Waals surface area contributed by atoms with Gasteiger partial charge < -0.3 is 10.1 Å². The predicted octanol–water partition coefficient (Wildman–Crippen LogP) is 2.96. The fourth-order valence-corrected chi connectivity index (χ4v) is 4.71. The Morgan fingerprint density at radius 2 is 2.11 bits per heavy atom. The highest BCUT2D eigenvalue weighted by molar-refractivity contribution is 8.01. The monoisotopic (exact) mass is 420 g/mol. The Bertz CT molecular complexity index is 819. The van der Waals surface area contributed by atoms with Crippen LogP contribution in [-0.4, -0.2) is 52.9 Å². The van der Waals surface area contributed by atoms with Crippen LogP contribution in [0.2, 0.25) is 0 Å². The van der Waals surface area contributed by atoms with Gasteiger partial charge in [0.25, 0.3) is 0 Å². The first-order valence-corrected chi connectivity index (χ1v) is 11.0. The number of thioether (sulfide) groups is 1. The number of anilines is 1. The molecule has 9 heteroatoms. The summed E-state index contributed by atoms with van der Waals surface area (Å²) in [6.07, 6.45) is 1.67. The number of carbonyl (C=O) groups excluding carboxylic acids is 2. The summed E-state index contributed by atoms with van der Waals surface area (Å²) >= 11 is 2.52. The van der Waals surface area contributed by atoms with Gasteiger partial charge >= 0.3 is 5.97 Å². The van der Waals surface area contributed by atoms with E-state index in [4.69, 9.17) is 0 Å². The third-order valence-corrected chi connectivity index (χ3v) is 6.57. The summed E-state index contributed by atoms with van der Waals surface area (Å²) < 4.78 is 5.23. The van der Waals surface area contributed by atoms with Crippen LogP contribution in [0.5, 0.6) is 0 Å². The minimum atomic E-state index is -0.316. The van der Waals surface area contributed by atoms with Crippen molar-refractivity contribution in [2.45, 2.75) is 30.6 Å². The van der Waals surface area contributed by atoms with Gasteiger partial charge in [-0.3, -0.25) is 14.5 Å². The molecule has 7 nitrogen and oxygen atoms in total. The van der Waals surface area contributed by atoms with E-state index in [2.05, 4.69) is 56.3 Å². The number of nitrogens with one attached hydrogen (secondary N) is 1. The van der Waals surface area contributed by atoms with Gasteiger partial charge in [-0.15, -0.1) is 10.2 Å². The second-order valence-corrected chi connectivity index (χ2v) is 8.97. The molecule has 1 saturated heterocycles. The predicted molar refractivity (Wildman–Crippen MR) is 110 cm³/mol. The van der Waals surface area contributed by atoms with E-state index >= 15 is 0 Å². The molecular formula is C19H24N4O3S2. The van der Waals surface area contributed by atoms with Gasteiger partial charge in [-0.1, -0.05) is 52.9 Å². The molecule has 0 bridgehead atoms. The first-order chi connectivity index (χ1) is 13.5. The van der Waals surface area contributed by atoms with E-state index in [9.17, 15) is 9.59 Å². The second-order valence-electron chi connectivity index (χ2n) is 6.77. The summed E-state index contributed by atoms with van der Waals surface area (Å²) in [5.74, 6) is -0.152. The topological polar surface area (TPSA) is 84.4 Å². The Kier molecular flexibility index (Phi) is 7.41. The highest BCUT2D eigenvalue weighted by Crippen LogP contribution is 2.27. The van der Waals surface area contributed by atoms with Gasteiger partial charge in [0.05, 0.1) is 12.9 Å². The molecule has 2 aromatic rings. The fourth-order valence-electron chi connectivity index (χ4n) is 3.13. The van der Waals surface area contributed by atoms with E-state index in [1.807, 2.05) is 0 Å². The zero-order valence-electron chi connectivity index (χ0n) is 16.0. The Hall–Kier alpha value is -1.97. The lowest BCUT2D eigenvalue weighted by molar-refractivity contribution is -0.137. The number of likely N-dealkylation sites (tertiary alicyclic amines) is 1. The van der Waals surface area contributed by atoms with Crippen LogP contribution >= 0.6 is 23.1 Å². The van der Waals surface area contributed by atoms with Crippen molar-refractivity contribution in [2.24, 2.45) is 5.92 Å². The molecule has 1 N–H and O–H groups in total. The van der Waals surface area contributed by atoms with Crippen molar-refractivity contribution in [1.82, 2.24) is 15.1 Å². The van der Waals surface area contributed by atoms with Gasteiger partial charge in [0.2, 0.25) is 11.0 Å². The SMILES string of the molecule is COC(=O)CSc1nnc(NC(=O)C2CCN(Cc3cccc(C)c3)CC2)s1. The van der Waals surface area contributed by atoms with Gasteiger partial charge in [-0.2, -0.15) is 0 Å². The van der Waals surface area contributed by atoms with Crippen LogP contribution in [0.1, 0.15) is 24.0 Å². The molecular weight excluding hydrogens is 396 g/mol. The Morgan fingerprint density at radius 3 is 2.82 bits per heavy atom. The van der Waals surface area contributed by atoms with E-state index in [1.54, 1.807) is 0 Å². The van der Waals surface area contributed by atoms with Crippen LogP contribution in [0, 0.1) is 12.8 Å². The fraction of sp³-hybridized carbons (Fsp3) is 0.474. The molecule has 28 heavy (non-hydrogen) atoms. The molecule has 150 valence electrons. The zero-order valence-corrected chi connectivity index (χ0v) is 17.6. The molecule has 0 unspecified atom stereocenters. The molecule has 1 amide bonds. The van der Waals surface area contributed by atoms with Gasteiger partial charge in [-0.05, 0) is 38.4 Å². The highest BCUT2D eigenvalue weighted by atomic mass is 32.2. The maximum Gasteiger partial charge on any atom is 0.316 e. The first kappa shape index (κ1) is 20.8. The third-order valence-electron chi connectivity index (χ3n) is 4.62. The number of carbonyl (C=O) groups is 2. The van der Waals surface area contributed by atoms with Crippen LogP contribution in [0.15, 0.2) is 28.6 Å². The van der Waals surface area contributed by atoms with Crippen molar-refractivity contribution >= 4 is 40.1 Å². The van der Waals surface area contributed by atoms with Crippen LogP contribution in [0.3, 0.4) is 0 Å². The number of ether oxygens (including phenoxy) is 1. The van der Waals surface area contributed by atoms with Gasteiger partial charge in [0, 0.05) is 12.5 Å². The highest BCUT2D eigenvalue weighted by Gasteiger charge is 2.25. The quantitative estimate of drug-likeness (QED) is 0.419. The number of aryl methyl sites for hydroxylation is 1. The standard InChI is InChI=1S/C19H24N4O3S2/c1-13-4-3-5-14(10-13)11-23-8-6-15(7-9-23)17(25)20-18-21-22-19(28-18)27-12-16(24)26-2/h3-5,10,15H,6-9,11-12H2,1-2H3,(H,20,21,25). The van der Waals surface area contributed by atoms with Crippen LogP contribution in [0.25, 0.3) is 0 Å². The molecule has 1 aromatic carbocycles. The normalized spacial score (nSPS) is 15.4. The van der Waals surface area contributed by atoms with E-state index < -0.39 is 0 Å². The van der Waals surface area contributed by atoms with Crippen molar-refractivity contribution < 1.29 is 14.3 Å². The van der Waals surface area contributed by atoms with Gasteiger partial charge in [0.1, 0.15) is 0 Å². The number of piperidine rings is 1. The van der Waals surface area contributed by atoms with Gasteiger partial charge in [0.15, 0.2) is 4.34 Å². The number of hydrogen-bond donors (Lipinski definition) is 1. The van der Waals surface area contributed by atoms with Crippen molar-refractivity contribution in [3.8, 4) is 0 Å². The summed E-state index contributed by atoms with van der Waals surface area (Å²) in [4.78, 5) is 26.1. The molecule has 2 heterocycles. The van der Waals surface area contributed by atoms with Crippen LogP contribution in [0.4, 0.5) is 5.13 Å². The second kappa shape index (κ2) is 9.99. The zero-order chi connectivity index (χ0) is 19.9. The number of methoxy groups -OCH3 is 1. The molecule has 0 atom stereocenters. The number of benzene rings is 1. The lowest BCUT2D eigenvalue weighted by Gasteiger charge is -2.31. The molecule has 1 fully saturated rings. The molecule has 1 aromatic heterocycles. The molecule has 0 radical (unpaired) electrons. The number of amides is 1. The maximum atomic E-state index is 12.5. The Balaban J connectivity index is 1.44. The van der Waals surface area contributed by atoms with E-state index in [-0.39, 0.29) is 23.5 Å².